The van der Waals surface area contributed by atoms with Crippen LogP contribution in [0, 0.1) is 0 Å². The van der Waals surface area contributed by atoms with Gasteiger partial charge in [-0.3, -0.25) is 0 Å². The first-order chi connectivity index (χ1) is 26.0. The van der Waals surface area contributed by atoms with Crippen LogP contribution in [0.15, 0.2) is 192 Å². The molecule has 0 unspecified atom stereocenters. The first-order valence-corrected chi connectivity index (χ1v) is 18.3. The molecule has 0 aliphatic heterocycles. The average Bonchev–Trinajstić information content (AvgIpc) is 3.71. The highest BCUT2D eigenvalue weighted by Crippen LogP contribution is 2.54. The lowest BCUT2D eigenvalue weighted by Crippen LogP contribution is -2.15. The summed E-state index contributed by atoms with van der Waals surface area (Å²) < 4.78 is 6.44. The quantitative estimate of drug-likeness (QED) is 0.174. The van der Waals surface area contributed by atoms with Gasteiger partial charge in [-0.15, -0.1) is 0 Å². The Balaban J connectivity index is 1.18. The van der Waals surface area contributed by atoms with E-state index >= 15 is 0 Å². The summed E-state index contributed by atoms with van der Waals surface area (Å²) in [5, 5.41) is 2.21. The predicted molar refractivity (Wildman–Crippen MR) is 222 cm³/mol. The van der Waals surface area contributed by atoms with Crippen molar-refractivity contribution < 1.29 is 4.42 Å². The second kappa shape index (κ2) is 12.3. The molecule has 0 radical (unpaired) electrons. The summed E-state index contributed by atoms with van der Waals surface area (Å²) in [5.41, 5.74) is 17.5. The molecule has 1 aliphatic rings. The Kier molecular flexibility index (Phi) is 7.19. The van der Waals surface area contributed by atoms with Gasteiger partial charge in [0.05, 0.1) is 11.1 Å². The highest BCUT2D eigenvalue weighted by atomic mass is 16.3. The minimum atomic E-state index is -0.134. The summed E-state index contributed by atoms with van der Waals surface area (Å²) in [4.78, 5) is 2.42. The number of hydrogen-bond acceptors (Lipinski definition) is 2. The van der Waals surface area contributed by atoms with E-state index in [1.165, 1.54) is 50.1 Å². The van der Waals surface area contributed by atoms with E-state index in [9.17, 15) is 0 Å². The molecule has 252 valence electrons. The Morgan fingerprint density at radius 2 is 1.02 bits per heavy atom. The van der Waals surface area contributed by atoms with Gasteiger partial charge < -0.3 is 9.32 Å². The molecule has 0 atom stereocenters. The number of anilines is 3. The van der Waals surface area contributed by atoms with Gasteiger partial charge >= 0.3 is 0 Å². The maximum atomic E-state index is 6.44. The molecule has 0 saturated heterocycles. The summed E-state index contributed by atoms with van der Waals surface area (Å²) in [6.07, 6.45) is 0. The number of benzene rings is 8. The van der Waals surface area contributed by atoms with Crippen molar-refractivity contribution in [2.75, 3.05) is 4.90 Å². The van der Waals surface area contributed by atoms with Gasteiger partial charge in [0.25, 0.3) is 0 Å². The molecule has 0 fully saturated rings. The maximum Gasteiger partial charge on any atom is 0.137 e. The number of fused-ring (bicyclic) bond motifs is 6. The van der Waals surface area contributed by atoms with Crippen LogP contribution in [0.2, 0.25) is 0 Å². The van der Waals surface area contributed by atoms with Gasteiger partial charge in [-0.05, 0) is 98.1 Å². The van der Waals surface area contributed by atoms with Gasteiger partial charge in [-0.1, -0.05) is 159 Å². The second-order valence-corrected chi connectivity index (χ2v) is 14.5. The third-order valence-electron chi connectivity index (χ3n) is 11.1. The molecule has 0 saturated carbocycles. The van der Waals surface area contributed by atoms with E-state index < -0.39 is 0 Å². The van der Waals surface area contributed by atoms with Gasteiger partial charge in [0.15, 0.2) is 0 Å². The summed E-state index contributed by atoms with van der Waals surface area (Å²) in [6.45, 7) is 4.71. The lowest BCUT2D eigenvalue weighted by molar-refractivity contribution is 0.660. The van der Waals surface area contributed by atoms with Crippen molar-refractivity contribution in [1.29, 1.82) is 0 Å². The Morgan fingerprint density at radius 1 is 0.415 bits per heavy atom. The fourth-order valence-electron chi connectivity index (χ4n) is 8.47. The van der Waals surface area contributed by atoms with Gasteiger partial charge in [-0.25, -0.2) is 0 Å². The fraction of sp³-hybridized carbons (Fsp3) is 0.0588. The van der Waals surface area contributed by atoms with E-state index in [2.05, 4.69) is 201 Å². The van der Waals surface area contributed by atoms with Crippen LogP contribution in [-0.2, 0) is 5.41 Å². The molecule has 8 aromatic carbocycles. The molecule has 53 heavy (non-hydrogen) atoms. The summed E-state index contributed by atoms with van der Waals surface area (Å²) in [5.74, 6) is 0. The summed E-state index contributed by atoms with van der Waals surface area (Å²) in [7, 11) is 0. The van der Waals surface area contributed by atoms with Gasteiger partial charge in [-0.2, -0.15) is 0 Å². The highest BCUT2D eigenvalue weighted by molar-refractivity contribution is 6.13. The monoisotopic (exact) mass is 679 g/mol. The van der Waals surface area contributed by atoms with E-state index in [1.54, 1.807) is 0 Å². The van der Waals surface area contributed by atoms with Crippen LogP contribution in [0.25, 0.3) is 66.4 Å². The Morgan fingerprint density at radius 3 is 1.81 bits per heavy atom. The maximum absolute atomic E-state index is 6.44. The average molecular weight is 680 g/mol. The molecule has 1 heterocycles. The van der Waals surface area contributed by atoms with Crippen LogP contribution in [0.3, 0.4) is 0 Å². The van der Waals surface area contributed by atoms with Crippen LogP contribution in [-0.4, -0.2) is 0 Å². The van der Waals surface area contributed by atoms with E-state index in [0.29, 0.717) is 0 Å². The van der Waals surface area contributed by atoms with Gasteiger partial charge in [0.2, 0.25) is 0 Å². The normalized spacial score (nSPS) is 12.9. The molecule has 0 bridgehead atoms. The number of rotatable bonds is 6. The molecule has 0 amide bonds. The van der Waals surface area contributed by atoms with Crippen LogP contribution in [0.5, 0.6) is 0 Å². The molecule has 10 rings (SSSR count). The van der Waals surface area contributed by atoms with Crippen molar-refractivity contribution in [2.24, 2.45) is 0 Å². The molecule has 0 N–H and O–H groups in total. The zero-order chi connectivity index (χ0) is 35.5. The zero-order valence-corrected chi connectivity index (χ0v) is 29.8. The largest absolute Gasteiger partial charge is 0.456 e. The van der Waals surface area contributed by atoms with Crippen LogP contribution in [0.1, 0.15) is 25.0 Å². The smallest absolute Gasteiger partial charge is 0.137 e. The van der Waals surface area contributed by atoms with Crippen LogP contribution in [0.4, 0.5) is 17.1 Å². The van der Waals surface area contributed by atoms with Crippen molar-refractivity contribution in [3.05, 3.63) is 199 Å². The van der Waals surface area contributed by atoms with E-state index in [1.807, 2.05) is 6.07 Å². The Labute approximate surface area is 310 Å². The molecule has 2 heteroatoms. The molecule has 2 nitrogen and oxygen atoms in total. The van der Waals surface area contributed by atoms with Crippen LogP contribution >= 0.6 is 0 Å². The predicted octanol–water partition coefficient (Wildman–Crippen LogP) is 14.4. The second-order valence-electron chi connectivity index (χ2n) is 14.5. The first kappa shape index (κ1) is 31.1. The van der Waals surface area contributed by atoms with Crippen molar-refractivity contribution in [3.8, 4) is 44.5 Å². The van der Waals surface area contributed by atoms with Crippen molar-refractivity contribution >= 4 is 39.0 Å². The topological polar surface area (TPSA) is 16.4 Å². The minimum absolute atomic E-state index is 0.134. The fourth-order valence-corrected chi connectivity index (χ4v) is 8.47. The van der Waals surface area contributed by atoms with E-state index in [4.69, 9.17) is 4.42 Å². The molecular weight excluding hydrogens is 643 g/mol. The zero-order valence-electron chi connectivity index (χ0n) is 29.8. The standard InChI is InChI=1S/C51H37NO/c1-51(2)44-31-30-40(33-43(44)49-41(21-12-22-45(49)51)37-16-7-4-8-17-37)52(46-23-13-25-48-50(46)42-20-9-10-24-47(42)53-48)39-19-11-18-38(32-39)36-28-26-35(27-29-36)34-14-5-3-6-15-34/h3-33H,1-2H3. The third kappa shape index (κ3) is 5.10. The van der Waals surface area contributed by atoms with E-state index in [0.717, 1.165) is 44.6 Å². The van der Waals surface area contributed by atoms with Crippen molar-refractivity contribution in [2.45, 2.75) is 19.3 Å². The van der Waals surface area contributed by atoms with Crippen LogP contribution < -0.4 is 4.90 Å². The lowest BCUT2D eigenvalue weighted by Gasteiger charge is -2.28. The Hall–Kier alpha value is -6.64. The SMILES string of the molecule is CC1(C)c2ccc(N(c3cccc(-c4ccc(-c5ccccc5)cc4)c3)c3cccc4oc5ccccc5c34)cc2-c2c(-c3ccccc3)cccc21. The molecule has 1 aliphatic carbocycles. The number of furan rings is 1. The molecule has 1 aromatic heterocycles. The van der Waals surface area contributed by atoms with E-state index in [-0.39, 0.29) is 5.41 Å². The number of para-hydroxylation sites is 1. The highest BCUT2D eigenvalue weighted by Gasteiger charge is 2.37. The minimum Gasteiger partial charge on any atom is -0.456 e. The number of nitrogens with zero attached hydrogens (tertiary/aromatic N) is 1. The lowest BCUT2D eigenvalue weighted by atomic mass is 9.82. The van der Waals surface area contributed by atoms with Crippen molar-refractivity contribution in [1.82, 2.24) is 0 Å². The molecule has 9 aromatic rings. The molecule has 0 spiro atoms. The molecular formula is C51H37NO. The number of hydrogen-bond donors (Lipinski definition) is 0. The van der Waals surface area contributed by atoms with Crippen molar-refractivity contribution in [3.63, 3.8) is 0 Å². The Bertz CT molecular complexity index is 2790. The van der Waals surface area contributed by atoms with Gasteiger partial charge in [0.1, 0.15) is 11.2 Å². The third-order valence-corrected chi connectivity index (χ3v) is 11.1. The summed E-state index contributed by atoms with van der Waals surface area (Å²) in [6, 6.07) is 67.8. The summed E-state index contributed by atoms with van der Waals surface area (Å²) >= 11 is 0. The first-order valence-electron chi connectivity index (χ1n) is 18.3. The van der Waals surface area contributed by atoms with Gasteiger partial charge in [0, 0.05) is 22.2 Å².